The van der Waals surface area contributed by atoms with Crippen molar-refractivity contribution in [2.45, 2.75) is 0 Å². The summed E-state index contributed by atoms with van der Waals surface area (Å²) in [6.07, 6.45) is 0. The Hall–Kier alpha value is -6.71. The van der Waals surface area contributed by atoms with Crippen LogP contribution in [0.15, 0.2) is 188 Å². The van der Waals surface area contributed by atoms with E-state index in [1.54, 1.807) is 6.07 Å². The Morgan fingerprint density at radius 3 is 1.64 bits per heavy atom. The number of aromatic nitrogens is 3. The molecule has 1 aromatic heterocycles. The smallest absolute Gasteiger partial charge is 0.164 e. The second-order valence-electron chi connectivity index (χ2n) is 11.7. The summed E-state index contributed by atoms with van der Waals surface area (Å²) in [5.74, 6) is 0.594. The summed E-state index contributed by atoms with van der Waals surface area (Å²) in [4.78, 5) is 14.6. The van der Waals surface area contributed by atoms with Crippen molar-refractivity contribution in [1.29, 1.82) is 0 Å². The van der Waals surface area contributed by atoms with Gasteiger partial charge in [-0.2, -0.15) is 0 Å². The van der Waals surface area contributed by atoms with E-state index in [1.165, 1.54) is 0 Å². The molecule has 234 valence electrons. The SMILES string of the molecule is [2H]c1c([2H])c([2H])c(-c2ccc(-c3cccc(-c4nc(-c5ccccc5)nc(-c5c([2H])c([2H])c([2H])c(-c6cccc7ccccc67)c5[2H])n4)c3)c3ccccc23)c([2H])c1[2H]. The molecule has 0 fully saturated rings. The summed E-state index contributed by atoms with van der Waals surface area (Å²) < 4.78 is 78.4. The molecule has 0 N–H and O–H groups in total. The van der Waals surface area contributed by atoms with Crippen molar-refractivity contribution in [2.75, 3.05) is 0 Å². The van der Waals surface area contributed by atoms with Gasteiger partial charge in [0.15, 0.2) is 17.5 Å². The molecule has 0 radical (unpaired) electrons. The molecule has 0 atom stereocenters. The third kappa shape index (κ3) is 5.51. The van der Waals surface area contributed by atoms with Crippen LogP contribution in [-0.2, 0) is 0 Å². The topological polar surface area (TPSA) is 38.7 Å². The second kappa shape index (κ2) is 12.7. The fourth-order valence-electron chi connectivity index (χ4n) is 6.35. The third-order valence-electron chi connectivity index (χ3n) is 8.70. The first-order valence-electron chi connectivity index (χ1n) is 20.6. The van der Waals surface area contributed by atoms with Crippen molar-refractivity contribution in [2.24, 2.45) is 0 Å². The molecule has 3 nitrogen and oxygen atoms in total. The highest BCUT2D eigenvalue weighted by Crippen LogP contribution is 2.37. The number of fused-ring (bicyclic) bond motifs is 2. The first kappa shape index (κ1) is 21.3. The zero-order valence-corrected chi connectivity index (χ0v) is 26.5. The summed E-state index contributed by atoms with van der Waals surface area (Å²) in [5, 5.41) is 3.23. The molecule has 0 aliphatic rings. The van der Waals surface area contributed by atoms with Crippen LogP contribution in [0.25, 0.3) is 89.1 Å². The molecule has 3 heteroatoms. The van der Waals surface area contributed by atoms with E-state index in [4.69, 9.17) is 25.9 Å². The lowest BCUT2D eigenvalue weighted by molar-refractivity contribution is 1.07. The van der Waals surface area contributed by atoms with Gasteiger partial charge in [0.25, 0.3) is 0 Å². The predicted molar refractivity (Wildman–Crippen MR) is 207 cm³/mol. The quantitative estimate of drug-likeness (QED) is 0.180. The van der Waals surface area contributed by atoms with Crippen LogP contribution in [0.5, 0.6) is 0 Å². The minimum absolute atomic E-state index is 0.0140. The Bertz CT molecular complexity index is 3140. The summed E-state index contributed by atoms with van der Waals surface area (Å²) in [7, 11) is 0. The van der Waals surface area contributed by atoms with Crippen molar-refractivity contribution in [3.63, 3.8) is 0 Å². The molecular formula is C47H31N3. The monoisotopic (exact) mass is 646 g/mol. The highest BCUT2D eigenvalue weighted by Gasteiger charge is 2.15. The number of hydrogen-bond donors (Lipinski definition) is 0. The van der Waals surface area contributed by atoms with Gasteiger partial charge in [0.2, 0.25) is 0 Å². The van der Waals surface area contributed by atoms with Crippen molar-refractivity contribution in [1.82, 2.24) is 15.0 Å². The first-order chi connectivity index (χ1) is 28.5. The van der Waals surface area contributed by atoms with Crippen LogP contribution >= 0.6 is 0 Å². The van der Waals surface area contributed by atoms with Crippen LogP contribution in [0.4, 0.5) is 0 Å². The Morgan fingerprint density at radius 1 is 0.340 bits per heavy atom. The average molecular weight is 647 g/mol. The number of hydrogen-bond acceptors (Lipinski definition) is 3. The normalized spacial score (nSPS) is 13.7. The molecule has 9 aromatic rings. The molecule has 0 amide bonds. The summed E-state index contributed by atoms with van der Waals surface area (Å²) in [5.41, 5.74) is 4.37. The highest BCUT2D eigenvalue weighted by molar-refractivity contribution is 6.05. The van der Waals surface area contributed by atoms with Gasteiger partial charge < -0.3 is 0 Å². The second-order valence-corrected chi connectivity index (χ2v) is 11.7. The van der Waals surface area contributed by atoms with Crippen LogP contribution in [0, 0.1) is 0 Å². The first-order valence-corrected chi connectivity index (χ1v) is 16.1. The lowest BCUT2D eigenvalue weighted by atomic mass is 9.91. The maximum absolute atomic E-state index is 9.51. The van der Waals surface area contributed by atoms with Gasteiger partial charge in [-0.25, -0.2) is 15.0 Å². The lowest BCUT2D eigenvalue weighted by Crippen LogP contribution is -2.00. The van der Waals surface area contributed by atoms with E-state index in [1.807, 2.05) is 127 Å². The van der Waals surface area contributed by atoms with Crippen LogP contribution in [0.1, 0.15) is 12.3 Å². The summed E-state index contributed by atoms with van der Waals surface area (Å²) >= 11 is 0. The number of rotatable bonds is 6. The van der Waals surface area contributed by atoms with E-state index in [0.29, 0.717) is 33.5 Å². The third-order valence-corrected chi connectivity index (χ3v) is 8.70. The van der Waals surface area contributed by atoms with Gasteiger partial charge >= 0.3 is 0 Å². The maximum Gasteiger partial charge on any atom is 0.164 e. The maximum atomic E-state index is 9.51. The number of nitrogens with zero attached hydrogens (tertiary/aromatic N) is 3. The Balaban J connectivity index is 1.23. The molecule has 0 aliphatic heterocycles. The van der Waals surface area contributed by atoms with Crippen LogP contribution < -0.4 is 0 Å². The fourth-order valence-corrected chi connectivity index (χ4v) is 6.35. The van der Waals surface area contributed by atoms with E-state index in [2.05, 4.69) is 0 Å². The fraction of sp³-hybridized carbons (Fsp3) is 0. The van der Waals surface area contributed by atoms with Gasteiger partial charge in [0.1, 0.15) is 0 Å². The zero-order chi connectivity index (χ0) is 41.1. The molecule has 50 heavy (non-hydrogen) atoms. The number of benzene rings is 8. The predicted octanol–water partition coefficient (Wildman–Crippen LogP) is 12.2. The Kier molecular flexibility index (Phi) is 5.42. The zero-order valence-electron chi connectivity index (χ0n) is 35.5. The van der Waals surface area contributed by atoms with Crippen LogP contribution in [0.3, 0.4) is 0 Å². The standard InChI is InChI=1S/C47H31N3/c1-3-14-32(15-4-1)41-28-29-42(44-26-10-9-25-43(41)44)36-21-12-23-38(31-36)47-49-45(34-17-5-2-6-18-34)48-46(50-47)37-22-11-20-35(30-37)40-27-13-19-33-16-7-8-24-39(33)40/h1-31H/i1D,3D,4D,11D,14D,15D,20D,22D,30D. The largest absolute Gasteiger partial charge is 0.208 e. The molecule has 0 aliphatic carbocycles. The molecule has 0 spiro atoms. The summed E-state index contributed by atoms with van der Waals surface area (Å²) in [6, 6.07) is 38.5. The van der Waals surface area contributed by atoms with Gasteiger partial charge in [0, 0.05) is 16.7 Å². The van der Waals surface area contributed by atoms with Crippen molar-refractivity contribution in [3.8, 4) is 67.5 Å². The molecule has 0 unspecified atom stereocenters. The van der Waals surface area contributed by atoms with Gasteiger partial charge in [-0.15, -0.1) is 0 Å². The lowest BCUT2D eigenvalue weighted by Gasteiger charge is -2.13. The summed E-state index contributed by atoms with van der Waals surface area (Å²) in [6.45, 7) is 0. The molecule has 0 bridgehead atoms. The van der Waals surface area contributed by atoms with Crippen LogP contribution in [-0.4, -0.2) is 15.0 Å². The van der Waals surface area contributed by atoms with Crippen molar-refractivity contribution < 1.29 is 12.3 Å². The van der Waals surface area contributed by atoms with E-state index >= 15 is 0 Å². The average Bonchev–Trinajstić information content (AvgIpc) is 3.27. The molecule has 1 heterocycles. The molecule has 8 aromatic carbocycles. The van der Waals surface area contributed by atoms with Crippen LogP contribution in [0.2, 0.25) is 0 Å². The molecular weight excluding hydrogens is 607 g/mol. The van der Waals surface area contributed by atoms with Gasteiger partial charge in [-0.05, 0) is 67.0 Å². The Morgan fingerprint density at radius 2 is 0.860 bits per heavy atom. The van der Waals surface area contributed by atoms with E-state index in [9.17, 15) is 1.37 Å². The highest BCUT2D eigenvalue weighted by atomic mass is 15.0. The van der Waals surface area contributed by atoms with Crippen molar-refractivity contribution >= 4 is 21.5 Å². The van der Waals surface area contributed by atoms with Gasteiger partial charge in [-0.1, -0.05) is 176 Å². The van der Waals surface area contributed by atoms with Crippen molar-refractivity contribution in [3.05, 3.63) is 188 Å². The van der Waals surface area contributed by atoms with E-state index in [-0.39, 0.29) is 64.6 Å². The minimum atomic E-state index is -0.449. The molecule has 9 rings (SSSR count). The van der Waals surface area contributed by atoms with Gasteiger partial charge in [0.05, 0.1) is 12.3 Å². The molecule has 0 saturated carbocycles. The Labute approximate surface area is 303 Å². The molecule has 0 saturated heterocycles. The minimum Gasteiger partial charge on any atom is -0.208 e. The van der Waals surface area contributed by atoms with E-state index < -0.39 is 18.1 Å². The van der Waals surface area contributed by atoms with E-state index in [0.717, 1.165) is 27.3 Å². The van der Waals surface area contributed by atoms with Gasteiger partial charge in [-0.3, -0.25) is 0 Å².